The summed E-state index contributed by atoms with van der Waals surface area (Å²) in [5.41, 5.74) is -0.268. The highest BCUT2D eigenvalue weighted by Crippen LogP contribution is 2.38. The van der Waals surface area contributed by atoms with Gasteiger partial charge < -0.3 is 4.74 Å². The van der Waals surface area contributed by atoms with Gasteiger partial charge in [-0.3, -0.25) is 14.6 Å². The fraction of sp³-hybridized carbons (Fsp3) is 0.467. The third-order valence-corrected chi connectivity index (χ3v) is 6.19. The van der Waals surface area contributed by atoms with Crippen LogP contribution in [0.1, 0.15) is 85.0 Å². The van der Waals surface area contributed by atoms with E-state index in [9.17, 15) is 36.3 Å². The number of aliphatic imine (C=N–C) groups is 1. The first-order valence-electron chi connectivity index (χ1n) is 12.3. The monoisotopic (exact) mass is 584 g/mol. The van der Waals surface area contributed by atoms with Crippen molar-refractivity contribution >= 4 is 23.5 Å². The highest BCUT2D eigenvalue weighted by atomic mass is 19.4. The number of Topliss-reactive ketones (excluding diaryl/α,β-unsaturated/α-hetero) is 1. The zero-order valence-electron chi connectivity index (χ0n) is 21.9. The van der Waals surface area contributed by atoms with E-state index in [0.29, 0.717) is 17.5 Å². The molecule has 2 aliphatic rings. The van der Waals surface area contributed by atoms with Crippen LogP contribution in [0.25, 0.3) is 0 Å². The Bertz CT molecular complexity index is 1240. The number of benzene rings is 2. The topological polar surface area (TPSA) is 76.0 Å². The number of amides is 2. The first-order chi connectivity index (χ1) is 18.1. The normalized spacial score (nSPS) is 20.2. The van der Waals surface area contributed by atoms with Crippen LogP contribution >= 0.6 is 0 Å². The minimum atomic E-state index is -4.34. The highest BCUT2D eigenvalue weighted by Gasteiger charge is 2.47. The van der Waals surface area contributed by atoms with Crippen LogP contribution in [0.5, 0.6) is 0 Å². The van der Waals surface area contributed by atoms with Gasteiger partial charge in [-0.15, -0.1) is 0 Å². The highest BCUT2D eigenvalue weighted by molar-refractivity contribution is 6.07. The molecule has 2 aliphatic heterocycles. The molecule has 11 heteroatoms. The summed E-state index contributed by atoms with van der Waals surface area (Å²) in [6.07, 6.45) is -4.68. The average molecular weight is 585 g/mol. The van der Waals surface area contributed by atoms with Gasteiger partial charge in [-0.2, -0.15) is 13.2 Å². The van der Waals surface area contributed by atoms with Gasteiger partial charge in [-0.1, -0.05) is 39.1 Å². The summed E-state index contributed by atoms with van der Waals surface area (Å²) >= 11 is 0. The Morgan fingerprint density at radius 1 is 0.902 bits per heavy atom. The van der Waals surface area contributed by atoms with E-state index in [0.717, 1.165) is 4.90 Å². The molecule has 0 radical (unpaired) electrons. The number of imide groups is 1. The van der Waals surface area contributed by atoms with E-state index in [1.807, 2.05) is 0 Å². The number of rotatable bonds is 3. The molecule has 4 rings (SSSR count). The summed E-state index contributed by atoms with van der Waals surface area (Å²) in [4.78, 5) is 41.1. The number of carbonyl (C=O) groups excluding carboxylic acids is 3. The van der Waals surface area contributed by atoms with Crippen LogP contribution in [0.3, 0.4) is 0 Å². The number of carbonyl (C=O) groups is 3. The molecule has 0 spiro atoms. The van der Waals surface area contributed by atoms with Gasteiger partial charge in [-0.25, -0.2) is 18.5 Å². The van der Waals surface area contributed by atoms with Crippen molar-refractivity contribution in [1.82, 2.24) is 4.90 Å². The van der Waals surface area contributed by atoms with Gasteiger partial charge in [0.1, 0.15) is 28.7 Å². The lowest BCUT2D eigenvalue weighted by molar-refractivity contribution is -0.135. The maximum absolute atomic E-state index is 13.1. The second-order valence-electron chi connectivity index (χ2n) is 10.3. The summed E-state index contributed by atoms with van der Waals surface area (Å²) < 4.78 is 68.0. The van der Waals surface area contributed by atoms with Crippen molar-refractivity contribution in [2.24, 2.45) is 10.9 Å². The SMILES string of the molecule is C.C.CC(=O)C1C[C@@H](c2ccc(F)cc2)N(C(=O)OC(C)(C)C)C1=O.Fc1ccc([C@@H]2CCC(C(F)(F)F)=N2)cc1. The summed E-state index contributed by atoms with van der Waals surface area (Å²) in [6, 6.07) is 9.82. The second-order valence-corrected chi connectivity index (χ2v) is 10.3. The van der Waals surface area contributed by atoms with Crippen molar-refractivity contribution in [2.75, 3.05) is 0 Å². The molecular formula is C30H37F5N2O4. The van der Waals surface area contributed by atoms with Crippen LogP contribution in [0.2, 0.25) is 0 Å². The summed E-state index contributed by atoms with van der Waals surface area (Å²) in [5.74, 6) is -2.56. The standard InChI is InChI=1S/C17H20FNO4.C11H9F4N.2CH4/c1-10(20)13-9-14(11-5-7-12(18)8-6-11)19(15(13)21)16(22)23-17(2,3)4;12-8-3-1-7(2-4-8)9-5-6-10(16-9)11(13,14)15;;/h5-8,13-14H,9H2,1-4H3;1-4,9H,5-6H2;2*1H4/t13?,14-;9-;;/m00../s1. The first kappa shape index (κ1) is 35.4. The van der Waals surface area contributed by atoms with Gasteiger partial charge in [0.25, 0.3) is 0 Å². The number of likely N-dealkylation sites (tertiary alicyclic amines) is 1. The fourth-order valence-electron chi connectivity index (χ4n) is 4.32. The van der Waals surface area contributed by atoms with E-state index in [4.69, 9.17) is 4.74 Å². The Balaban J connectivity index is 0.000000413. The van der Waals surface area contributed by atoms with Crippen LogP contribution in [0, 0.1) is 17.6 Å². The molecule has 1 unspecified atom stereocenters. The third-order valence-electron chi connectivity index (χ3n) is 6.19. The van der Waals surface area contributed by atoms with Crippen LogP contribution in [-0.2, 0) is 14.3 Å². The summed E-state index contributed by atoms with van der Waals surface area (Å²) in [5, 5.41) is 0. The molecule has 41 heavy (non-hydrogen) atoms. The van der Waals surface area contributed by atoms with Crippen molar-refractivity contribution in [3.05, 3.63) is 71.3 Å². The van der Waals surface area contributed by atoms with Crippen molar-refractivity contribution < 1.29 is 41.1 Å². The number of halogens is 5. The summed E-state index contributed by atoms with van der Waals surface area (Å²) in [6.45, 7) is 6.41. The van der Waals surface area contributed by atoms with Gasteiger partial charge >= 0.3 is 12.3 Å². The average Bonchev–Trinajstić information content (AvgIpc) is 3.45. The number of ether oxygens (including phenoxy) is 1. The third kappa shape index (κ3) is 9.19. The van der Waals surface area contributed by atoms with Gasteiger partial charge in [0.05, 0.1) is 18.0 Å². The Hall–Kier alpha value is -3.63. The molecule has 2 aromatic carbocycles. The molecule has 0 saturated carbocycles. The fourth-order valence-corrected chi connectivity index (χ4v) is 4.32. The van der Waals surface area contributed by atoms with Crippen LogP contribution in [-0.4, -0.2) is 40.2 Å². The van der Waals surface area contributed by atoms with Gasteiger partial charge in [0.15, 0.2) is 0 Å². The van der Waals surface area contributed by atoms with Gasteiger partial charge in [0, 0.05) is 0 Å². The van der Waals surface area contributed by atoms with Crippen molar-refractivity contribution in [3.63, 3.8) is 0 Å². The molecule has 2 amide bonds. The lowest BCUT2D eigenvalue weighted by atomic mass is 9.97. The van der Waals surface area contributed by atoms with Gasteiger partial charge in [-0.05, 0) is 82.3 Å². The number of hydrogen-bond acceptors (Lipinski definition) is 5. The molecule has 0 aromatic heterocycles. The van der Waals surface area contributed by atoms with Crippen LogP contribution in [0.15, 0.2) is 53.5 Å². The zero-order chi connectivity index (χ0) is 29.1. The maximum Gasteiger partial charge on any atom is 0.429 e. The van der Waals surface area contributed by atoms with E-state index in [1.165, 1.54) is 55.5 Å². The lowest BCUT2D eigenvalue weighted by Gasteiger charge is -2.27. The van der Waals surface area contributed by atoms with Crippen molar-refractivity contribution in [3.8, 4) is 0 Å². The summed E-state index contributed by atoms with van der Waals surface area (Å²) in [7, 11) is 0. The van der Waals surface area contributed by atoms with E-state index in [-0.39, 0.29) is 33.5 Å². The maximum atomic E-state index is 13.1. The Morgan fingerprint density at radius 2 is 1.39 bits per heavy atom. The smallest absolute Gasteiger partial charge is 0.429 e. The van der Waals surface area contributed by atoms with E-state index in [2.05, 4.69) is 4.99 Å². The molecule has 0 bridgehead atoms. The minimum Gasteiger partial charge on any atom is -0.443 e. The second kappa shape index (κ2) is 13.8. The van der Waals surface area contributed by atoms with Crippen LogP contribution < -0.4 is 0 Å². The number of ketones is 1. The predicted molar refractivity (Wildman–Crippen MR) is 146 cm³/mol. The Labute approximate surface area is 237 Å². The van der Waals surface area contributed by atoms with E-state index in [1.54, 1.807) is 20.8 Å². The lowest BCUT2D eigenvalue weighted by Crippen LogP contribution is -2.40. The number of alkyl halides is 3. The number of hydrogen-bond donors (Lipinski definition) is 0. The van der Waals surface area contributed by atoms with E-state index < -0.39 is 59.1 Å². The molecule has 3 atom stereocenters. The largest absolute Gasteiger partial charge is 0.443 e. The zero-order valence-corrected chi connectivity index (χ0v) is 21.9. The first-order valence-corrected chi connectivity index (χ1v) is 12.3. The molecular weight excluding hydrogens is 547 g/mol. The quantitative estimate of drug-likeness (QED) is 0.269. The van der Waals surface area contributed by atoms with Crippen molar-refractivity contribution in [2.45, 2.75) is 85.7 Å². The molecule has 226 valence electrons. The molecule has 2 heterocycles. The minimum absolute atomic E-state index is 0. The predicted octanol–water partition coefficient (Wildman–Crippen LogP) is 8.18. The molecule has 0 aliphatic carbocycles. The molecule has 2 aromatic rings. The molecule has 1 fully saturated rings. The number of nitrogens with zero attached hydrogens (tertiary/aromatic N) is 2. The van der Waals surface area contributed by atoms with Crippen LogP contribution in [0.4, 0.5) is 26.7 Å². The molecule has 0 N–H and O–H groups in total. The van der Waals surface area contributed by atoms with Gasteiger partial charge in [0.2, 0.25) is 5.91 Å². The molecule has 6 nitrogen and oxygen atoms in total. The Kier molecular flexibility index (Phi) is 11.9. The van der Waals surface area contributed by atoms with E-state index >= 15 is 0 Å². The Morgan fingerprint density at radius 3 is 1.80 bits per heavy atom. The van der Waals surface area contributed by atoms with Crippen molar-refractivity contribution in [1.29, 1.82) is 0 Å². The molecule has 1 saturated heterocycles.